The first-order valence-corrected chi connectivity index (χ1v) is 3.82. The minimum absolute atomic E-state index is 0.523. The number of fused-ring (bicyclic) bond motifs is 1. The van der Waals surface area contributed by atoms with Crippen LogP contribution in [-0.4, -0.2) is 16.6 Å². The number of hydrogen-bond acceptors (Lipinski definition) is 3. The second-order valence-electron chi connectivity index (χ2n) is 2.39. The Labute approximate surface area is 69.4 Å². The third-order valence-electron chi connectivity index (χ3n) is 1.71. The molecular weight excluding hydrogens is 164 g/mol. The average molecular weight is 171 g/mol. The van der Waals surface area contributed by atoms with Crippen molar-refractivity contribution in [3.63, 3.8) is 0 Å². The van der Waals surface area contributed by atoms with Crippen LogP contribution in [-0.2, 0) is 17.8 Å². The van der Waals surface area contributed by atoms with Crippen LogP contribution in [0.1, 0.15) is 11.3 Å². The van der Waals surface area contributed by atoms with Gasteiger partial charge in [0.1, 0.15) is 11.5 Å². The predicted octanol–water partition coefficient (Wildman–Crippen LogP) is 1.20. The Bertz CT molecular complexity index is 277. The Morgan fingerprint density at radius 1 is 1.45 bits per heavy atom. The molecule has 58 valence electrons. The maximum absolute atomic E-state index is 5.81. The van der Waals surface area contributed by atoms with E-state index in [2.05, 4.69) is 9.97 Å². The molecule has 2 heterocycles. The van der Waals surface area contributed by atoms with Crippen LogP contribution in [0.4, 0.5) is 0 Å². The van der Waals surface area contributed by atoms with Gasteiger partial charge >= 0.3 is 0 Å². The van der Waals surface area contributed by atoms with Gasteiger partial charge in [0, 0.05) is 12.0 Å². The normalized spacial score (nSPS) is 16.1. The zero-order chi connectivity index (χ0) is 7.68. The standard InChI is InChI=1S/C7H7ClN2O/c8-7-5-3-11-2-1-6(5)9-4-10-7/h4H,1-3H2. The van der Waals surface area contributed by atoms with E-state index in [9.17, 15) is 0 Å². The summed E-state index contributed by atoms with van der Waals surface area (Å²) in [7, 11) is 0. The van der Waals surface area contributed by atoms with Gasteiger partial charge in [0.15, 0.2) is 0 Å². The van der Waals surface area contributed by atoms with Gasteiger partial charge in [-0.05, 0) is 0 Å². The minimum Gasteiger partial charge on any atom is -0.376 e. The van der Waals surface area contributed by atoms with Gasteiger partial charge in [0.05, 0.1) is 18.9 Å². The summed E-state index contributed by atoms with van der Waals surface area (Å²) in [6.07, 6.45) is 2.34. The predicted molar refractivity (Wildman–Crippen MR) is 40.4 cm³/mol. The van der Waals surface area contributed by atoms with Crippen LogP contribution in [0.25, 0.3) is 0 Å². The lowest BCUT2D eigenvalue weighted by atomic mass is 10.1. The van der Waals surface area contributed by atoms with E-state index in [1.54, 1.807) is 0 Å². The average Bonchev–Trinajstić information content (AvgIpc) is 2.06. The molecule has 0 spiro atoms. The molecule has 1 aliphatic rings. The van der Waals surface area contributed by atoms with Gasteiger partial charge in [-0.3, -0.25) is 0 Å². The smallest absolute Gasteiger partial charge is 0.138 e. The number of hydrogen-bond donors (Lipinski definition) is 0. The highest BCUT2D eigenvalue weighted by Gasteiger charge is 2.13. The number of halogens is 1. The molecule has 0 aliphatic carbocycles. The molecule has 0 unspecified atom stereocenters. The van der Waals surface area contributed by atoms with E-state index in [1.807, 2.05) is 0 Å². The molecule has 0 aromatic carbocycles. The molecule has 1 aromatic heterocycles. The van der Waals surface area contributed by atoms with E-state index in [1.165, 1.54) is 6.33 Å². The second kappa shape index (κ2) is 2.75. The quantitative estimate of drug-likeness (QED) is 0.549. The van der Waals surface area contributed by atoms with Crippen molar-refractivity contribution in [1.82, 2.24) is 9.97 Å². The molecule has 0 saturated carbocycles. The van der Waals surface area contributed by atoms with Crippen molar-refractivity contribution < 1.29 is 4.74 Å². The first-order chi connectivity index (χ1) is 5.38. The Morgan fingerprint density at radius 3 is 3.18 bits per heavy atom. The van der Waals surface area contributed by atoms with Crippen molar-refractivity contribution in [2.45, 2.75) is 13.0 Å². The third kappa shape index (κ3) is 1.21. The van der Waals surface area contributed by atoms with Crippen molar-refractivity contribution in [2.75, 3.05) is 6.61 Å². The van der Waals surface area contributed by atoms with Gasteiger partial charge in [0.2, 0.25) is 0 Å². The molecule has 0 fully saturated rings. The molecule has 0 bridgehead atoms. The molecule has 1 aliphatic heterocycles. The van der Waals surface area contributed by atoms with Gasteiger partial charge in [-0.25, -0.2) is 9.97 Å². The Balaban J connectivity index is 2.49. The van der Waals surface area contributed by atoms with Crippen molar-refractivity contribution in [3.8, 4) is 0 Å². The van der Waals surface area contributed by atoms with E-state index in [4.69, 9.17) is 16.3 Å². The molecular formula is C7H7ClN2O. The molecule has 0 N–H and O–H groups in total. The van der Waals surface area contributed by atoms with Gasteiger partial charge < -0.3 is 4.74 Å². The fourth-order valence-corrected chi connectivity index (χ4v) is 1.33. The molecule has 1 aromatic rings. The van der Waals surface area contributed by atoms with E-state index >= 15 is 0 Å². The summed E-state index contributed by atoms with van der Waals surface area (Å²) in [5.41, 5.74) is 1.97. The van der Waals surface area contributed by atoms with Gasteiger partial charge in [-0.15, -0.1) is 0 Å². The fraction of sp³-hybridized carbons (Fsp3) is 0.429. The summed E-state index contributed by atoms with van der Waals surface area (Å²) >= 11 is 5.81. The SMILES string of the molecule is Clc1ncnc2c1COCC2. The minimum atomic E-state index is 0.523. The zero-order valence-electron chi connectivity index (χ0n) is 5.88. The molecule has 11 heavy (non-hydrogen) atoms. The van der Waals surface area contributed by atoms with E-state index < -0.39 is 0 Å². The number of ether oxygens (including phenoxy) is 1. The summed E-state index contributed by atoms with van der Waals surface area (Å²) in [6.45, 7) is 1.29. The summed E-state index contributed by atoms with van der Waals surface area (Å²) in [6, 6.07) is 0. The Morgan fingerprint density at radius 2 is 2.36 bits per heavy atom. The van der Waals surface area contributed by atoms with Crippen LogP contribution in [0.3, 0.4) is 0 Å². The fourth-order valence-electron chi connectivity index (χ4n) is 1.13. The molecule has 4 heteroatoms. The van der Waals surface area contributed by atoms with E-state index in [0.29, 0.717) is 11.8 Å². The highest BCUT2D eigenvalue weighted by Crippen LogP contribution is 2.20. The maximum Gasteiger partial charge on any atom is 0.138 e. The van der Waals surface area contributed by atoms with Crippen LogP contribution >= 0.6 is 11.6 Å². The molecule has 0 amide bonds. The second-order valence-corrected chi connectivity index (χ2v) is 2.75. The Hall–Kier alpha value is -0.670. The highest BCUT2D eigenvalue weighted by atomic mass is 35.5. The van der Waals surface area contributed by atoms with Crippen LogP contribution in [0.2, 0.25) is 5.15 Å². The van der Waals surface area contributed by atoms with Crippen LogP contribution in [0.15, 0.2) is 6.33 Å². The van der Waals surface area contributed by atoms with Crippen LogP contribution in [0.5, 0.6) is 0 Å². The molecule has 3 nitrogen and oxygen atoms in total. The summed E-state index contributed by atoms with van der Waals surface area (Å²) in [5.74, 6) is 0. The van der Waals surface area contributed by atoms with Crippen molar-refractivity contribution in [3.05, 3.63) is 22.7 Å². The van der Waals surface area contributed by atoms with E-state index in [-0.39, 0.29) is 0 Å². The van der Waals surface area contributed by atoms with Crippen LogP contribution < -0.4 is 0 Å². The van der Waals surface area contributed by atoms with Crippen molar-refractivity contribution >= 4 is 11.6 Å². The molecule has 2 rings (SSSR count). The highest BCUT2D eigenvalue weighted by molar-refractivity contribution is 6.30. The first-order valence-electron chi connectivity index (χ1n) is 3.44. The maximum atomic E-state index is 5.81. The molecule has 0 radical (unpaired) electrons. The monoisotopic (exact) mass is 170 g/mol. The van der Waals surface area contributed by atoms with Gasteiger partial charge in [-0.2, -0.15) is 0 Å². The summed E-state index contributed by atoms with van der Waals surface area (Å²) < 4.78 is 5.21. The van der Waals surface area contributed by atoms with Crippen molar-refractivity contribution in [2.24, 2.45) is 0 Å². The third-order valence-corrected chi connectivity index (χ3v) is 2.04. The van der Waals surface area contributed by atoms with E-state index in [0.717, 1.165) is 24.3 Å². The van der Waals surface area contributed by atoms with Crippen LogP contribution in [0, 0.1) is 0 Å². The number of rotatable bonds is 0. The lowest BCUT2D eigenvalue weighted by Gasteiger charge is -2.14. The van der Waals surface area contributed by atoms with Gasteiger partial charge in [-0.1, -0.05) is 11.6 Å². The lowest BCUT2D eigenvalue weighted by Crippen LogP contribution is -2.12. The summed E-state index contributed by atoms with van der Waals surface area (Å²) in [5, 5.41) is 0.523. The number of nitrogens with zero attached hydrogens (tertiary/aromatic N) is 2. The lowest BCUT2D eigenvalue weighted by molar-refractivity contribution is 0.109. The molecule has 0 saturated heterocycles. The van der Waals surface area contributed by atoms with Crippen molar-refractivity contribution in [1.29, 1.82) is 0 Å². The number of aromatic nitrogens is 2. The van der Waals surface area contributed by atoms with Gasteiger partial charge in [0.25, 0.3) is 0 Å². The Kier molecular flexibility index (Phi) is 1.75. The zero-order valence-corrected chi connectivity index (χ0v) is 6.64. The topological polar surface area (TPSA) is 35.0 Å². The molecule has 0 atom stereocenters. The summed E-state index contributed by atoms with van der Waals surface area (Å²) in [4.78, 5) is 7.97. The largest absolute Gasteiger partial charge is 0.376 e. The first kappa shape index (κ1) is 7.00.